The summed E-state index contributed by atoms with van der Waals surface area (Å²) in [6.07, 6.45) is 3.81. The van der Waals surface area contributed by atoms with E-state index in [1.165, 1.54) is 6.07 Å². The molecular formula is C22H26FN7O3. The highest BCUT2D eigenvalue weighted by molar-refractivity contribution is 6.22. The second kappa shape index (κ2) is 9.00. The van der Waals surface area contributed by atoms with Crippen LogP contribution in [0.3, 0.4) is 0 Å². The van der Waals surface area contributed by atoms with Crippen LogP contribution in [-0.2, 0) is 16.9 Å². The van der Waals surface area contributed by atoms with Gasteiger partial charge >= 0.3 is 5.69 Å². The van der Waals surface area contributed by atoms with Crippen LogP contribution in [0.25, 0.3) is 11.3 Å². The number of ether oxygens (including phenoxy) is 1. The Morgan fingerprint density at radius 1 is 1.24 bits per heavy atom. The van der Waals surface area contributed by atoms with Gasteiger partial charge in [-0.1, -0.05) is 19.4 Å². The molecule has 3 heterocycles. The molecule has 11 heteroatoms. The molecule has 174 valence electrons. The van der Waals surface area contributed by atoms with Crippen LogP contribution in [0.15, 0.2) is 35.3 Å². The van der Waals surface area contributed by atoms with Gasteiger partial charge in [0.1, 0.15) is 17.3 Å². The molecule has 1 aliphatic heterocycles. The van der Waals surface area contributed by atoms with E-state index < -0.39 is 23.0 Å². The fourth-order valence-corrected chi connectivity index (χ4v) is 3.94. The third-order valence-electron chi connectivity index (χ3n) is 5.68. The zero-order valence-corrected chi connectivity index (χ0v) is 18.8. The molecule has 1 atom stereocenters. The molecular weight excluding hydrogens is 429 g/mol. The molecule has 0 unspecified atom stereocenters. The van der Waals surface area contributed by atoms with Gasteiger partial charge in [-0.05, 0) is 42.8 Å². The number of H-pyrrole nitrogens is 1. The van der Waals surface area contributed by atoms with E-state index in [0.29, 0.717) is 35.7 Å². The average Bonchev–Trinajstić information content (AvgIpc) is 3.42. The maximum absolute atomic E-state index is 15.2. The largest absolute Gasteiger partial charge is 0.493 e. The van der Waals surface area contributed by atoms with Gasteiger partial charge in [0.25, 0.3) is 5.91 Å². The number of nitrogens with zero attached hydrogens (tertiary/aromatic N) is 5. The lowest BCUT2D eigenvalue weighted by molar-refractivity contribution is -0.118. The van der Waals surface area contributed by atoms with Crippen LogP contribution in [0, 0.1) is 5.82 Å². The Bertz CT molecular complexity index is 1260. The summed E-state index contributed by atoms with van der Waals surface area (Å²) in [5.74, 6) is -0.640. The van der Waals surface area contributed by atoms with Crippen molar-refractivity contribution in [1.29, 1.82) is 0 Å². The van der Waals surface area contributed by atoms with E-state index in [-0.39, 0.29) is 12.1 Å². The molecule has 0 spiro atoms. The Morgan fingerprint density at radius 3 is 2.70 bits per heavy atom. The van der Waals surface area contributed by atoms with Crippen LogP contribution in [0.5, 0.6) is 5.75 Å². The number of aromatic nitrogens is 6. The molecule has 2 aromatic heterocycles. The number of rotatable bonds is 8. The van der Waals surface area contributed by atoms with Gasteiger partial charge in [-0.15, -0.1) is 0 Å². The Labute approximate surface area is 189 Å². The topological polar surface area (TPSA) is 120 Å². The minimum Gasteiger partial charge on any atom is -0.493 e. The van der Waals surface area contributed by atoms with E-state index in [2.05, 4.69) is 32.9 Å². The standard InChI is InChI=1S/C22H26FN7O3/c1-4-6-11-33-14-7-8-16(17(23)12-14)22(3)13-15(18-9-10-29(5-2)26-18)19(20(31)24-22)30-21(32)25-27-28-30/h7-10,12H,4-6,11,13H2,1-3H3,(H,24,31)(H,25,28,32)/t22-/m0/s1. The van der Waals surface area contributed by atoms with Gasteiger partial charge in [0.15, 0.2) is 0 Å². The number of carbonyl (C=O) groups excluding carboxylic acids is 1. The minimum absolute atomic E-state index is 0.00695. The first-order valence-corrected chi connectivity index (χ1v) is 10.9. The summed E-state index contributed by atoms with van der Waals surface area (Å²) >= 11 is 0. The summed E-state index contributed by atoms with van der Waals surface area (Å²) in [5.41, 5.74) is -0.471. The number of aryl methyl sites for hydroxylation is 1. The van der Waals surface area contributed by atoms with Crippen molar-refractivity contribution in [3.8, 4) is 5.75 Å². The molecule has 1 aromatic carbocycles. The number of benzene rings is 1. The molecule has 3 aromatic rings. The number of aromatic amines is 1. The fourth-order valence-electron chi connectivity index (χ4n) is 3.94. The third kappa shape index (κ3) is 4.30. The summed E-state index contributed by atoms with van der Waals surface area (Å²) in [6, 6.07) is 6.39. The highest BCUT2D eigenvalue weighted by Gasteiger charge is 2.41. The van der Waals surface area contributed by atoms with Gasteiger partial charge in [0.05, 0.1) is 17.8 Å². The number of amides is 1. The van der Waals surface area contributed by atoms with Crippen molar-refractivity contribution in [3.05, 3.63) is 58.0 Å². The molecule has 0 radical (unpaired) electrons. The summed E-state index contributed by atoms with van der Waals surface area (Å²) in [7, 11) is 0. The van der Waals surface area contributed by atoms with Crippen LogP contribution < -0.4 is 15.7 Å². The van der Waals surface area contributed by atoms with E-state index in [4.69, 9.17) is 4.74 Å². The summed E-state index contributed by atoms with van der Waals surface area (Å²) in [4.78, 5) is 25.5. The van der Waals surface area contributed by atoms with Crippen molar-refractivity contribution in [2.45, 2.75) is 52.1 Å². The Hall–Kier alpha value is -3.76. The molecule has 0 aliphatic carbocycles. The second-order valence-corrected chi connectivity index (χ2v) is 8.11. The first-order chi connectivity index (χ1) is 15.9. The van der Waals surface area contributed by atoms with Crippen LogP contribution in [0.4, 0.5) is 4.39 Å². The van der Waals surface area contributed by atoms with Gasteiger partial charge in [-0.3, -0.25) is 9.48 Å². The Kier molecular flexibility index (Phi) is 6.12. The van der Waals surface area contributed by atoms with Crippen molar-refractivity contribution in [1.82, 2.24) is 35.3 Å². The van der Waals surface area contributed by atoms with Crippen LogP contribution in [0.2, 0.25) is 0 Å². The maximum Gasteiger partial charge on any atom is 0.366 e. The first kappa shape index (κ1) is 22.4. The number of hydrogen-bond donors (Lipinski definition) is 2. The van der Waals surface area contributed by atoms with Gasteiger partial charge in [-0.25, -0.2) is 14.3 Å². The fraction of sp³-hybridized carbons (Fsp3) is 0.409. The summed E-state index contributed by atoms with van der Waals surface area (Å²) < 4.78 is 23.4. The summed E-state index contributed by atoms with van der Waals surface area (Å²) in [5, 5.41) is 16.8. The molecule has 4 rings (SSSR count). The molecule has 1 amide bonds. The van der Waals surface area contributed by atoms with Gasteiger partial charge in [-0.2, -0.15) is 9.78 Å². The lowest BCUT2D eigenvalue weighted by Gasteiger charge is -2.37. The Morgan fingerprint density at radius 2 is 2.06 bits per heavy atom. The molecule has 0 fully saturated rings. The van der Waals surface area contributed by atoms with Crippen LogP contribution >= 0.6 is 0 Å². The summed E-state index contributed by atoms with van der Waals surface area (Å²) in [6.45, 7) is 6.86. The second-order valence-electron chi connectivity index (χ2n) is 8.11. The van der Waals surface area contributed by atoms with Crippen molar-refractivity contribution >= 4 is 17.2 Å². The molecule has 0 saturated carbocycles. The number of halogens is 1. The SMILES string of the molecule is CCCCOc1ccc([C@]2(C)CC(c3ccn(CC)n3)=C(n3nn[nH]c3=O)C(=O)N2)c(F)c1. The normalized spacial score (nSPS) is 18.5. The molecule has 0 bridgehead atoms. The number of carbonyl (C=O) groups is 1. The number of unbranched alkanes of at least 4 members (excludes halogenated alkanes) is 1. The van der Waals surface area contributed by atoms with E-state index in [9.17, 15) is 9.59 Å². The number of tetrazole rings is 1. The highest BCUT2D eigenvalue weighted by atomic mass is 19.1. The molecule has 0 saturated heterocycles. The smallest absolute Gasteiger partial charge is 0.366 e. The quantitative estimate of drug-likeness (QED) is 0.503. The minimum atomic E-state index is -1.09. The highest BCUT2D eigenvalue weighted by Crippen LogP contribution is 2.40. The lowest BCUT2D eigenvalue weighted by Crippen LogP contribution is -2.49. The average molecular weight is 455 g/mol. The predicted molar refractivity (Wildman–Crippen MR) is 119 cm³/mol. The molecule has 2 N–H and O–H groups in total. The van der Waals surface area contributed by atoms with Gasteiger partial charge < -0.3 is 10.1 Å². The number of nitrogens with one attached hydrogen (secondary N) is 2. The zero-order chi connectivity index (χ0) is 23.6. The molecule has 33 heavy (non-hydrogen) atoms. The van der Waals surface area contributed by atoms with Gasteiger partial charge in [0, 0.05) is 36.4 Å². The molecule has 1 aliphatic rings. The Balaban J connectivity index is 1.77. The van der Waals surface area contributed by atoms with E-state index in [1.807, 2.05) is 6.92 Å². The van der Waals surface area contributed by atoms with Crippen molar-refractivity contribution in [3.63, 3.8) is 0 Å². The lowest BCUT2D eigenvalue weighted by atomic mass is 9.80. The van der Waals surface area contributed by atoms with Crippen LogP contribution in [-0.4, -0.2) is 42.5 Å². The van der Waals surface area contributed by atoms with E-state index >= 15 is 4.39 Å². The number of hydrogen-bond acceptors (Lipinski definition) is 6. The van der Waals surface area contributed by atoms with Gasteiger partial charge in [0.2, 0.25) is 0 Å². The van der Waals surface area contributed by atoms with E-state index in [1.54, 1.807) is 36.0 Å². The van der Waals surface area contributed by atoms with Crippen molar-refractivity contribution < 1.29 is 13.9 Å². The zero-order valence-electron chi connectivity index (χ0n) is 18.8. The first-order valence-electron chi connectivity index (χ1n) is 10.9. The van der Waals surface area contributed by atoms with Crippen LogP contribution in [0.1, 0.15) is 51.3 Å². The predicted octanol–water partition coefficient (Wildman–Crippen LogP) is 2.30. The van der Waals surface area contributed by atoms with E-state index in [0.717, 1.165) is 17.5 Å². The molecule has 10 nitrogen and oxygen atoms in total. The van der Waals surface area contributed by atoms with Crippen molar-refractivity contribution in [2.24, 2.45) is 0 Å². The van der Waals surface area contributed by atoms with Crippen molar-refractivity contribution in [2.75, 3.05) is 6.61 Å². The monoisotopic (exact) mass is 455 g/mol. The maximum atomic E-state index is 15.2. The third-order valence-corrected chi connectivity index (χ3v) is 5.68.